The summed E-state index contributed by atoms with van der Waals surface area (Å²) in [6.07, 6.45) is 0. The van der Waals surface area contributed by atoms with Crippen LogP contribution in [0.25, 0.3) is 11.0 Å². The Morgan fingerprint density at radius 2 is 1.32 bits per heavy atom. The molecule has 0 spiro atoms. The molecule has 0 atom stereocenters. The summed E-state index contributed by atoms with van der Waals surface area (Å²) >= 11 is 0. The molecule has 4 heteroatoms. The summed E-state index contributed by atoms with van der Waals surface area (Å²) in [5, 5.41) is 19.6. The Morgan fingerprint density at radius 1 is 0.760 bits per heavy atom. The first-order chi connectivity index (χ1) is 12.3. The van der Waals surface area contributed by atoms with Crippen LogP contribution in [0.2, 0.25) is 0 Å². The van der Waals surface area contributed by atoms with Gasteiger partial charge in [-0.25, -0.2) is 0 Å². The van der Waals surface area contributed by atoms with E-state index in [1.807, 2.05) is 84.9 Å². The average molecular weight is 325 g/mol. The van der Waals surface area contributed by atoms with Crippen LogP contribution in [0.15, 0.2) is 84.9 Å². The minimum atomic E-state index is -1.43. The van der Waals surface area contributed by atoms with Crippen LogP contribution in [0.1, 0.15) is 11.1 Å². The highest BCUT2D eigenvalue weighted by molar-refractivity contribution is 5.74. The lowest BCUT2D eigenvalue weighted by Crippen LogP contribution is -2.25. The molecule has 0 radical (unpaired) electrons. The Labute approximate surface area is 145 Å². The maximum absolute atomic E-state index is 11.4. The second kappa shape index (κ2) is 6.23. The summed E-state index contributed by atoms with van der Waals surface area (Å²) in [6, 6.07) is 29.3. The fourth-order valence-electron chi connectivity index (χ4n) is 2.76. The molecule has 120 valence electrons. The van der Waals surface area contributed by atoms with E-state index in [-0.39, 0.29) is 0 Å². The second-order valence-electron chi connectivity index (χ2n) is 5.67. The molecular weight excluding hydrogens is 310 g/mol. The van der Waals surface area contributed by atoms with Crippen LogP contribution in [-0.4, -0.2) is 20.1 Å². The highest BCUT2D eigenvalue weighted by Gasteiger charge is 2.29. The van der Waals surface area contributed by atoms with Crippen molar-refractivity contribution in [2.24, 2.45) is 0 Å². The summed E-state index contributed by atoms with van der Waals surface area (Å²) < 4.78 is 1.49. The molecule has 3 aromatic carbocycles. The molecule has 0 saturated carbocycles. The largest absolute Gasteiger partial charge is 0.369 e. The van der Waals surface area contributed by atoms with Crippen LogP contribution in [0, 0.1) is 12.0 Å². The molecule has 4 nitrogen and oxygen atoms in total. The predicted molar refractivity (Wildman–Crippen MR) is 96.6 cm³/mol. The summed E-state index contributed by atoms with van der Waals surface area (Å²) in [5.41, 5.74) is 1.55. The zero-order valence-corrected chi connectivity index (χ0v) is 13.4. The van der Waals surface area contributed by atoms with Gasteiger partial charge in [-0.1, -0.05) is 78.0 Å². The van der Waals surface area contributed by atoms with E-state index >= 15 is 0 Å². The minimum absolute atomic E-state index is 0.707. The third-order valence-electron chi connectivity index (χ3n) is 4.08. The fraction of sp³-hybridized carbons (Fsp3) is 0.0476. The van der Waals surface area contributed by atoms with E-state index in [9.17, 15) is 5.11 Å². The van der Waals surface area contributed by atoms with Gasteiger partial charge in [0.15, 0.2) is 5.60 Å². The highest BCUT2D eigenvalue weighted by Crippen LogP contribution is 2.28. The quantitative estimate of drug-likeness (QED) is 0.576. The van der Waals surface area contributed by atoms with Crippen molar-refractivity contribution in [3.8, 4) is 12.0 Å². The van der Waals surface area contributed by atoms with E-state index in [4.69, 9.17) is 0 Å². The van der Waals surface area contributed by atoms with E-state index in [0.717, 1.165) is 11.0 Å². The third-order valence-corrected chi connectivity index (χ3v) is 4.08. The number of nitrogens with zero attached hydrogens (tertiary/aromatic N) is 3. The second-order valence-corrected chi connectivity index (χ2v) is 5.67. The molecule has 0 aliphatic rings. The fourth-order valence-corrected chi connectivity index (χ4v) is 2.76. The molecule has 0 amide bonds. The van der Waals surface area contributed by atoms with E-state index in [1.165, 1.54) is 4.68 Å². The maximum atomic E-state index is 11.4. The van der Waals surface area contributed by atoms with Crippen molar-refractivity contribution in [1.29, 1.82) is 0 Å². The van der Waals surface area contributed by atoms with E-state index in [1.54, 1.807) is 0 Å². The Bertz CT molecular complexity index is 1020. The molecule has 0 aliphatic heterocycles. The molecule has 25 heavy (non-hydrogen) atoms. The zero-order chi connectivity index (χ0) is 17.1. The molecule has 0 aliphatic carbocycles. The number of fused-ring (bicyclic) bond motifs is 1. The lowest BCUT2D eigenvalue weighted by atomic mass is 9.87. The predicted octanol–water partition coefficient (Wildman–Crippen LogP) is 3.18. The number of hydrogen-bond acceptors (Lipinski definition) is 3. The maximum Gasteiger partial charge on any atom is 0.178 e. The average Bonchev–Trinajstić information content (AvgIpc) is 3.11. The van der Waals surface area contributed by atoms with Crippen molar-refractivity contribution in [2.75, 3.05) is 0 Å². The first kappa shape index (κ1) is 15.1. The lowest BCUT2D eigenvalue weighted by Gasteiger charge is -2.23. The Balaban J connectivity index is 1.86. The van der Waals surface area contributed by atoms with Crippen molar-refractivity contribution in [3.63, 3.8) is 0 Å². The SMILES string of the molecule is OC(C#Cn1nnc2ccccc21)(c1ccccc1)c1ccccc1. The van der Waals surface area contributed by atoms with Crippen LogP contribution in [0.5, 0.6) is 0 Å². The topological polar surface area (TPSA) is 50.9 Å². The molecule has 4 rings (SSSR count). The molecule has 0 fully saturated rings. The van der Waals surface area contributed by atoms with Crippen LogP contribution in [-0.2, 0) is 5.60 Å². The number of benzene rings is 3. The van der Waals surface area contributed by atoms with E-state index < -0.39 is 5.60 Å². The normalized spacial score (nSPS) is 11.1. The Morgan fingerprint density at radius 3 is 1.96 bits per heavy atom. The molecule has 4 aromatic rings. The Hall–Kier alpha value is -3.42. The first-order valence-corrected chi connectivity index (χ1v) is 7.94. The lowest BCUT2D eigenvalue weighted by molar-refractivity contribution is 0.145. The van der Waals surface area contributed by atoms with Gasteiger partial charge in [0.1, 0.15) is 11.0 Å². The summed E-state index contributed by atoms with van der Waals surface area (Å²) in [4.78, 5) is 0. The highest BCUT2D eigenvalue weighted by atomic mass is 16.3. The standard InChI is InChI=1S/C21H15N3O/c25-21(17-9-3-1-4-10-17,18-11-5-2-6-12-18)15-16-24-20-14-8-7-13-19(20)22-23-24/h1-14,25H. The summed E-state index contributed by atoms with van der Waals surface area (Å²) in [7, 11) is 0. The van der Waals surface area contributed by atoms with Crippen LogP contribution >= 0.6 is 0 Å². The van der Waals surface area contributed by atoms with Gasteiger partial charge in [-0.2, -0.15) is 4.68 Å². The van der Waals surface area contributed by atoms with Crippen LogP contribution in [0.3, 0.4) is 0 Å². The summed E-state index contributed by atoms with van der Waals surface area (Å²) in [6.45, 7) is 0. The number of aromatic nitrogens is 3. The van der Waals surface area contributed by atoms with Gasteiger partial charge < -0.3 is 5.11 Å². The van der Waals surface area contributed by atoms with E-state index in [2.05, 4.69) is 22.3 Å². The van der Waals surface area contributed by atoms with Crippen LogP contribution in [0.4, 0.5) is 0 Å². The van der Waals surface area contributed by atoms with Gasteiger partial charge >= 0.3 is 0 Å². The molecule has 1 aromatic heterocycles. The van der Waals surface area contributed by atoms with Crippen molar-refractivity contribution >= 4 is 11.0 Å². The molecule has 1 N–H and O–H groups in total. The number of aliphatic hydroxyl groups is 1. The molecular formula is C21H15N3O. The van der Waals surface area contributed by atoms with Gasteiger partial charge in [0.25, 0.3) is 0 Å². The van der Waals surface area contributed by atoms with Crippen molar-refractivity contribution in [2.45, 2.75) is 5.60 Å². The van der Waals surface area contributed by atoms with Crippen molar-refractivity contribution < 1.29 is 5.11 Å². The van der Waals surface area contributed by atoms with Gasteiger partial charge in [-0.15, -0.1) is 5.10 Å². The number of rotatable bonds is 2. The van der Waals surface area contributed by atoms with Gasteiger partial charge in [0.2, 0.25) is 0 Å². The number of para-hydroxylation sites is 1. The van der Waals surface area contributed by atoms with E-state index in [0.29, 0.717) is 11.1 Å². The Kier molecular flexibility index (Phi) is 3.77. The van der Waals surface area contributed by atoms with Gasteiger partial charge in [-0.05, 0) is 18.1 Å². The zero-order valence-electron chi connectivity index (χ0n) is 13.4. The monoisotopic (exact) mass is 325 g/mol. The van der Waals surface area contributed by atoms with Crippen molar-refractivity contribution in [3.05, 3.63) is 96.1 Å². The first-order valence-electron chi connectivity index (χ1n) is 7.94. The molecule has 0 bridgehead atoms. The van der Waals surface area contributed by atoms with Crippen molar-refractivity contribution in [1.82, 2.24) is 15.0 Å². The molecule has 1 heterocycles. The third kappa shape index (κ3) is 2.78. The van der Waals surface area contributed by atoms with Crippen LogP contribution < -0.4 is 0 Å². The minimum Gasteiger partial charge on any atom is -0.369 e. The van der Waals surface area contributed by atoms with Gasteiger partial charge in [-0.3, -0.25) is 0 Å². The number of hydrogen-bond donors (Lipinski definition) is 1. The molecule has 0 unspecified atom stereocenters. The van der Waals surface area contributed by atoms with Gasteiger partial charge in [0.05, 0.1) is 0 Å². The summed E-state index contributed by atoms with van der Waals surface area (Å²) in [5.74, 6) is 2.99. The smallest absolute Gasteiger partial charge is 0.178 e. The molecule has 0 saturated heterocycles. The van der Waals surface area contributed by atoms with Gasteiger partial charge in [0, 0.05) is 17.2 Å².